The molecule has 0 aromatic heterocycles. The van der Waals surface area contributed by atoms with Crippen LogP contribution in [0.15, 0.2) is 0 Å². The summed E-state index contributed by atoms with van der Waals surface area (Å²) in [6, 6.07) is -0.146. The van der Waals surface area contributed by atoms with E-state index < -0.39 is 0 Å². The molecule has 3 nitrogen and oxygen atoms in total. The summed E-state index contributed by atoms with van der Waals surface area (Å²) in [5, 5.41) is 0. The van der Waals surface area contributed by atoms with Gasteiger partial charge in [0.05, 0.1) is 6.04 Å². The topological polar surface area (TPSA) is 37.4 Å². The van der Waals surface area contributed by atoms with Crippen molar-refractivity contribution in [1.29, 1.82) is 0 Å². The van der Waals surface area contributed by atoms with Crippen LogP contribution in [0.25, 0.3) is 0 Å². The second kappa shape index (κ2) is 2.40. The molecule has 1 saturated heterocycles. The minimum absolute atomic E-state index is 0.0835. The third kappa shape index (κ3) is 1.03. The first-order valence-electron chi connectivity index (χ1n) is 3.39. The van der Waals surface area contributed by atoms with Gasteiger partial charge in [0, 0.05) is 13.5 Å². The lowest BCUT2D eigenvalue weighted by Crippen LogP contribution is -2.33. The number of likely N-dealkylation sites (N-methyl/N-ethyl adjacent to an activating group) is 1. The summed E-state index contributed by atoms with van der Waals surface area (Å²) in [5.41, 5.74) is 0. The number of hydrogen-bond acceptors (Lipinski definition) is 2. The van der Waals surface area contributed by atoms with Gasteiger partial charge in [-0.1, -0.05) is 0 Å². The van der Waals surface area contributed by atoms with Crippen molar-refractivity contribution in [2.24, 2.45) is 0 Å². The molecule has 1 atom stereocenters. The Morgan fingerprint density at radius 3 is 2.50 bits per heavy atom. The summed E-state index contributed by atoms with van der Waals surface area (Å²) in [6.45, 7) is 1.53. The number of ketones is 1. The van der Waals surface area contributed by atoms with Crippen LogP contribution in [0.1, 0.15) is 19.8 Å². The Labute approximate surface area is 60.0 Å². The Morgan fingerprint density at radius 2 is 2.30 bits per heavy atom. The van der Waals surface area contributed by atoms with E-state index in [4.69, 9.17) is 0 Å². The van der Waals surface area contributed by atoms with E-state index in [2.05, 4.69) is 0 Å². The van der Waals surface area contributed by atoms with Crippen LogP contribution in [0, 0.1) is 0 Å². The highest BCUT2D eigenvalue weighted by atomic mass is 16.2. The molecule has 3 heteroatoms. The zero-order chi connectivity index (χ0) is 7.72. The average molecular weight is 141 g/mol. The molecule has 0 aromatic rings. The van der Waals surface area contributed by atoms with E-state index in [1.165, 1.54) is 11.8 Å². The molecule has 1 amide bonds. The number of Topliss-reactive ketones (excluding diaryl/α,β-unsaturated/α-hetero) is 1. The minimum Gasteiger partial charge on any atom is -0.336 e. The Bertz CT molecular complexity index is 176. The van der Waals surface area contributed by atoms with Gasteiger partial charge in [0.2, 0.25) is 5.91 Å². The van der Waals surface area contributed by atoms with Crippen LogP contribution >= 0.6 is 0 Å². The molecule has 0 aliphatic carbocycles. The molecule has 0 aromatic carbocycles. The zero-order valence-corrected chi connectivity index (χ0v) is 6.26. The van der Waals surface area contributed by atoms with Crippen molar-refractivity contribution < 1.29 is 9.59 Å². The lowest BCUT2D eigenvalue weighted by atomic mass is 10.1. The van der Waals surface area contributed by atoms with Crippen molar-refractivity contribution in [3.8, 4) is 0 Å². The molecule has 1 aliphatic rings. The maximum Gasteiger partial charge on any atom is 0.223 e. The molecule has 0 radical (unpaired) electrons. The van der Waals surface area contributed by atoms with Gasteiger partial charge in [-0.15, -0.1) is 0 Å². The van der Waals surface area contributed by atoms with Crippen molar-refractivity contribution in [1.82, 2.24) is 4.90 Å². The summed E-state index contributed by atoms with van der Waals surface area (Å²) < 4.78 is 0. The summed E-state index contributed by atoms with van der Waals surface area (Å²) in [7, 11) is 1.68. The zero-order valence-electron chi connectivity index (χ0n) is 6.26. The molecule has 0 bridgehead atoms. The third-order valence-corrected chi connectivity index (χ3v) is 1.96. The standard InChI is InChI=1S/C7H11NO2/c1-5(9)6-3-4-7(10)8(6)2/h6H,3-4H2,1-2H3/t6-/m0/s1. The Hall–Kier alpha value is -0.860. The molecular weight excluding hydrogens is 130 g/mol. The second-order valence-corrected chi connectivity index (χ2v) is 2.67. The fraction of sp³-hybridized carbons (Fsp3) is 0.714. The van der Waals surface area contributed by atoms with E-state index in [1.54, 1.807) is 7.05 Å². The molecule has 1 aliphatic heterocycles. The van der Waals surface area contributed by atoms with Crippen LogP contribution in [-0.4, -0.2) is 29.7 Å². The van der Waals surface area contributed by atoms with E-state index in [1.807, 2.05) is 0 Å². The molecule has 0 unspecified atom stereocenters. The molecule has 0 saturated carbocycles. The van der Waals surface area contributed by atoms with Crippen LogP contribution in [0.2, 0.25) is 0 Å². The Balaban J connectivity index is 2.66. The molecular formula is C7H11NO2. The van der Waals surface area contributed by atoms with Crippen LogP contribution in [-0.2, 0) is 9.59 Å². The van der Waals surface area contributed by atoms with Gasteiger partial charge in [-0.25, -0.2) is 0 Å². The van der Waals surface area contributed by atoms with Gasteiger partial charge in [0.25, 0.3) is 0 Å². The molecule has 56 valence electrons. The van der Waals surface area contributed by atoms with Crippen LogP contribution in [0.5, 0.6) is 0 Å². The van der Waals surface area contributed by atoms with Gasteiger partial charge in [0.1, 0.15) is 0 Å². The second-order valence-electron chi connectivity index (χ2n) is 2.67. The highest BCUT2D eigenvalue weighted by Crippen LogP contribution is 2.16. The van der Waals surface area contributed by atoms with Crippen molar-refractivity contribution >= 4 is 11.7 Å². The maximum absolute atomic E-state index is 10.9. The molecule has 1 fully saturated rings. The fourth-order valence-electron chi connectivity index (χ4n) is 1.28. The summed E-state index contributed by atoms with van der Waals surface area (Å²) >= 11 is 0. The highest BCUT2D eigenvalue weighted by Gasteiger charge is 2.30. The molecule has 0 spiro atoms. The predicted molar refractivity (Wildman–Crippen MR) is 36.5 cm³/mol. The number of carbonyl (C=O) groups excluding carboxylic acids is 2. The average Bonchev–Trinajstić information content (AvgIpc) is 2.14. The Kier molecular flexibility index (Phi) is 1.74. The van der Waals surface area contributed by atoms with Crippen molar-refractivity contribution in [2.75, 3.05) is 7.05 Å². The van der Waals surface area contributed by atoms with E-state index in [9.17, 15) is 9.59 Å². The van der Waals surface area contributed by atoms with E-state index in [0.717, 1.165) is 0 Å². The lowest BCUT2D eigenvalue weighted by Gasteiger charge is -2.15. The molecule has 10 heavy (non-hydrogen) atoms. The predicted octanol–water partition coefficient (Wildman–Crippen LogP) is 0.196. The van der Waals surface area contributed by atoms with Gasteiger partial charge >= 0.3 is 0 Å². The van der Waals surface area contributed by atoms with E-state index in [0.29, 0.717) is 12.8 Å². The number of likely N-dealkylation sites (tertiary alicyclic amines) is 1. The van der Waals surface area contributed by atoms with Crippen LogP contribution < -0.4 is 0 Å². The number of rotatable bonds is 1. The molecule has 1 rings (SSSR count). The first-order chi connectivity index (χ1) is 4.63. The van der Waals surface area contributed by atoms with Gasteiger partial charge in [-0.05, 0) is 13.3 Å². The highest BCUT2D eigenvalue weighted by molar-refractivity contribution is 5.90. The summed E-state index contributed by atoms with van der Waals surface area (Å²) in [4.78, 5) is 23.2. The number of nitrogens with zero attached hydrogens (tertiary/aromatic N) is 1. The first kappa shape index (κ1) is 7.25. The summed E-state index contributed by atoms with van der Waals surface area (Å²) in [6.07, 6.45) is 1.23. The van der Waals surface area contributed by atoms with Gasteiger partial charge in [-0.2, -0.15) is 0 Å². The SMILES string of the molecule is CC(=O)[C@@H]1CCC(=O)N1C. The number of hydrogen-bond donors (Lipinski definition) is 0. The quantitative estimate of drug-likeness (QED) is 0.523. The van der Waals surface area contributed by atoms with Crippen molar-refractivity contribution in [2.45, 2.75) is 25.8 Å². The van der Waals surface area contributed by atoms with Crippen molar-refractivity contribution in [3.05, 3.63) is 0 Å². The lowest BCUT2D eigenvalue weighted by molar-refractivity contribution is -0.132. The largest absolute Gasteiger partial charge is 0.336 e. The number of amides is 1. The monoisotopic (exact) mass is 141 g/mol. The van der Waals surface area contributed by atoms with E-state index >= 15 is 0 Å². The molecule has 1 heterocycles. The fourth-order valence-corrected chi connectivity index (χ4v) is 1.28. The number of carbonyl (C=O) groups is 2. The van der Waals surface area contributed by atoms with E-state index in [-0.39, 0.29) is 17.7 Å². The molecule has 0 N–H and O–H groups in total. The van der Waals surface area contributed by atoms with Crippen LogP contribution in [0.3, 0.4) is 0 Å². The first-order valence-corrected chi connectivity index (χ1v) is 3.39. The smallest absolute Gasteiger partial charge is 0.223 e. The van der Waals surface area contributed by atoms with Crippen molar-refractivity contribution in [3.63, 3.8) is 0 Å². The summed E-state index contributed by atoms with van der Waals surface area (Å²) in [5.74, 6) is 0.175. The van der Waals surface area contributed by atoms with Gasteiger partial charge in [0.15, 0.2) is 5.78 Å². The van der Waals surface area contributed by atoms with Gasteiger partial charge in [-0.3, -0.25) is 9.59 Å². The van der Waals surface area contributed by atoms with Gasteiger partial charge < -0.3 is 4.90 Å². The van der Waals surface area contributed by atoms with Crippen LogP contribution in [0.4, 0.5) is 0 Å². The maximum atomic E-state index is 10.9. The Morgan fingerprint density at radius 1 is 1.70 bits per heavy atom. The minimum atomic E-state index is -0.146. The normalized spacial score (nSPS) is 25.6. The third-order valence-electron chi connectivity index (χ3n) is 1.96.